The maximum Gasteiger partial charge on any atom is 0.274 e. The lowest BCUT2D eigenvalue weighted by Crippen LogP contribution is -2.16. The molecule has 1 heterocycles. The van der Waals surface area contributed by atoms with Crippen molar-refractivity contribution in [1.29, 1.82) is 0 Å². The predicted octanol–water partition coefficient (Wildman–Crippen LogP) is 4.21. The van der Waals surface area contributed by atoms with Crippen molar-refractivity contribution in [3.05, 3.63) is 53.3 Å². The van der Waals surface area contributed by atoms with E-state index < -0.39 is 0 Å². The number of hydrogen-bond acceptors (Lipinski definition) is 4. The number of anilines is 2. The second-order valence-electron chi connectivity index (χ2n) is 6.35. The first-order chi connectivity index (χ1) is 12.0. The largest absolute Gasteiger partial charge is 0.385 e. The zero-order chi connectivity index (χ0) is 18.2. The monoisotopic (exact) mass is 341 g/mol. The van der Waals surface area contributed by atoms with E-state index >= 15 is 0 Å². The molecule has 0 atom stereocenters. The average molecular weight is 341 g/mol. The molecule has 0 aliphatic rings. The van der Waals surface area contributed by atoms with Crippen molar-refractivity contribution in [1.82, 2.24) is 4.98 Å². The van der Waals surface area contributed by atoms with Gasteiger partial charge >= 0.3 is 0 Å². The normalized spacial score (nSPS) is 10.8. The SMILES string of the molecule is COCCCNc1ccc(C(=O)Nc2c(C)cccc2C(C)C)nc1. The fourth-order valence-electron chi connectivity index (χ4n) is 2.60. The van der Waals surface area contributed by atoms with Gasteiger partial charge in [-0.05, 0) is 42.5 Å². The lowest BCUT2D eigenvalue weighted by Gasteiger charge is -2.16. The quantitative estimate of drug-likeness (QED) is 0.706. The lowest BCUT2D eigenvalue weighted by molar-refractivity contribution is 0.102. The summed E-state index contributed by atoms with van der Waals surface area (Å²) >= 11 is 0. The molecule has 0 saturated carbocycles. The molecule has 2 rings (SSSR count). The number of ether oxygens (including phenoxy) is 1. The van der Waals surface area contributed by atoms with Gasteiger partial charge in [0.1, 0.15) is 5.69 Å². The Morgan fingerprint density at radius 1 is 1.24 bits per heavy atom. The highest BCUT2D eigenvalue weighted by molar-refractivity contribution is 6.03. The average Bonchev–Trinajstić information content (AvgIpc) is 2.60. The summed E-state index contributed by atoms with van der Waals surface area (Å²) in [4.78, 5) is 16.8. The van der Waals surface area contributed by atoms with Gasteiger partial charge in [-0.15, -0.1) is 0 Å². The predicted molar refractivity (Wildman–Crippen MR) is 102 cm³/mol. The summed E-state index contributed by atoms with van der Waals surface area (Å²) in [5.74, 6) is 0.143. The van der Waals surface area contributed by atoms with Crippen LogP contribution in [0.25, 0.3) is 0 Å². The van der Waals surface area contributed by atoms with E-state index in [1.807, 2.05) is 31.2 Å². The van der Waals surface area contributed by atoms with Crippen LogP contribution in [0.5, 0.6) is 0 Å². The molecule has 1 aromatic heterocycles. The Morgan fingerprint density at radius 3 is 2.68 bits per heavy atom. The van der Waals surface area contributed by atoms with Crippen molar-refractivity contribution in [2.45, 2.75) is 33.1 Å². The molecule has 0 bridgehead atoms. The van der Waals surface area contributed by atoms with E-state index in [0.717, 1.165) is 42.1 Å². The Morgan fingerprint density at radius 2 is 2.04 bits per heavy atom. The zero-order valence-electron chi connectivity index (χ0n) is 15.4. The highest BCUT2D eigenvalue weighted by Crippen LogP contribution is 2.27. The van der Waals surface area contributed by atoms with Crippen LogP contribution in [0.3, 0.4) is 0 Å². The van der Waals surface area contributed by atoms with Crippen LogP contribution < -0.4 is 10.6 Å². The van der Waals surface area contributed by atoms with Gasteiger partial charge in [0.15, 0.2) is 0 Å². The summed E-state index contributed by atoms with van der Waals surface area (Å²) in [5.41, 5.74) is 4.36. The molecule has 0 spiro atoms. The molecule has 2 aromatic rings. The molecular weight excluding hydrogens is 314 g/mol. The van der Waals surface area contributed by atoms with Crippen LogP contribution in [0.2, 0.25) is 0 Å². The van der Waals surface area contributed by atoms with E-state index in [0.29, 0.717) is 11.6 Å². The summed E-state index contributed by atoms with van der Waals surface area (Å²) in [6, 6.07) is 9.68. The van der Waals surface area contributed by atoms with Crippen LogP contribution >= 0.6 is 0 Å². The fourth-order valence-corrected chi connectivity index (χ4v) is 2.60. The smallest absolute Gasteiger partial charge is 0.274 e. The van der Waals surface area contributed by atoms with Crippen LogP contribution in [-0.4, -0.2) is 31.2 Å². The Kier molecular flexibility index (Phi) is 6.95. The van der Waals surface area contributed by atoms with E-state index in [4.69, 9.17) is 4.74 Å². The van der Waals surface area contributed by atoms with Crippen LogP contribution in [0.15, 0.2) is 36.5 Å². The van der Waals surface area contributed by atoms with Gasteiger partial charge < -0.3 is 15.4 Å². The summed E-state index contributed by atoms with van der Waals surface area (Å²) in [5, 5.41) is 6.27. The van der Waals surface area contributed by atoms with Crippen LogP contribution in [0, 0.1) is 6.92 Å². The van der Waals surface area contributed by atoms with Gasteiger partial charge in [-0.3, -0.25) is 4.79 Å². The van der Waals surface area contributed by atoms with E-state index in [-0.39, 0.29) is 5.91 Å². The number of carbonyl (C=O) groups excluding carboxylic acids is 1. The molecule has 0 aliphatic heterocycles. The molecule has 2 N–H and O–H groups in total. The third kappa shape index (κ3) is 5.29. The highest BCUT2D eigenvalue weighted by atomic mass is 16.5. The van der Waals surface area contributed by atoms with Gasteiger partial charge in [-0.25, -0.2) is 4.98 Å². The molecule has 5 nitrogen and oxygen atoms in total. The minimum atomic E-state index is -0.192. The van der Waals surface area contributed by atoms with Gasteiger partial charge in [0, 0.05) is 25.9 Å². The van der Waals surface area contributed by atoms with Gasteiger partial charge in [-0.1, -0.05) is 32.0 Å². The first kappa shape index (κ1) is 18.9. The van der Waals surface area contributed by atoms with Crippen molar-refractivity contribution >= 4 is 17.3 Å². The van der Waals surface area contributed by atoms with Crippen LogP contribution in [-0.2, 0) is 4.74 Å². The number of carbonyl (C=O) groups is 1. The van der Waals surface area contributed by atoms with Crippen LogP contribution in [0.1, 0.15) is 47.8 Å². The Balaban J connectivity index is 2.04. The molecule has 0 unspecified atom stereocenters. The molecule has 1 amide bonds. The number of hydrogen-bond donors (Lipinski definition) is 2. The maximum absolute atomic E-state index is 12.5. The first-order valence-electron chi connectivity index (χ1n) is 8.62. The van der Waals surface area contributed by atoms with Gasteiger partial charge in [0.2, 0.25) is 0 Å². The van der Waals surface area contributed by atoms with Gasteiger partial charge in [0.05, 0.1) is 11.9 Å². The number of nitrogens with one attached hydrogen (secondary N) is 2. The fraction of sp³-hybridized carbons (Fsp3) is 0.400. The van der Waals surface area contributed by atoms with Gasteiger partial charge in [0.25, 0.3) is 5.91 Å². The Hall–Kier alpha value is -2.40. The topological polar surface area (TPSA) is 63.2 Å². The number of methoxy groups -OCH3 is 1. The number of para-hydroxylation sites is 1. The van der Waals surface area contributed by atoms with Crippen molar-refractivity contribution < 1.29 is 9.53 Å². The van der Waals surface area contributed by atoms with E-state index in [9.17, 15) is 4.79 Å². The molecule has 0 aliphatic carbocycles. The van der Waals surface area contributed by atoms with Crippen molar-refractivity contribution in [2.75, 3.05) is 30.9 Å². The highest BCUT2D eigenvalue weighted by Gasteiger charge is 2.14. The molecule has 25 heavy (non-hydrogen) atoms. The van der Waals surface area contributed by atoms with Crippen molar-refractivity contribution in [2.24, 2.45) is 0 Å². The summed E-state index contributed by atoms with van der Waals surface area (Å²) in [7, 11) is 1.69. The number of benzene rings is 1. The standard InChI is InChI=1S/C20H27N3O2/c1-14(2)17-8-5-7-15(3)19(17)23-20(24)18-10-9-16(13-22-18)21-11-6-12-25-4/h5,7-10,13-14,21H,6,11-12H2,1-4H3,(H,23,24). The zero-order valence-corrected chi connectivity index (χ0v) is 15.4. The number of rotatable bonds is 8. The van der Waals surface area contributed by atoms with Crippen LogP contribution in [0.4, 0.5) is 11.4 Å². The molecule has 0 fully saturated rings. The summed E-state index contributed by atoms with van der Waals surface area (Å²) < 4.78 is 5.01. The summed E-state index contributed by atoms with van der Waals surface area (Å²) in [6.45, 7) is 7.76. The summed E-state index contributed by atoms with van der Waals surface area (Å²) in [6.07, 6.45) is 2.60. The van der Waals surface area contributed by atoms with Crippen molar-refractivity contribution in [3.63, 3.8) is 0 Å². The second-order valence-corrected chi connectivity index (χ2v) is 6.35. The molecule has 1 aromatic carbocycles. The van der Waals surface area contributed by atoms with Crippen molar-refractivity contribution in [3.8, 4) is 0 Å². The minimum Gasteiger partial charge on any atom is -0.385 e. The number of aryl methyl sites for hydroxylation is 1. The molecule has 134 valence electrons. The third-order valence-corrected chi connectivity index (χ3v) is 4.02. The second kappa shape index (κ2) is 9.18. The van der Waals surface area contributed by atoms with E-state index in [1.165, 1.54) is 0 Å². The number of aromatic nitrogens is 1. The molecular formula is C20H27N3O2. The molecule has 5 heteroatoms. The Labute approximate surface area is 149 Å². The van der Waals surface area contributed by atoms with Gasteiger partial charge in [-0.2, -0.15) is 0 Å². The minimum absolute atomic E-state index is 0.192. The van der Waals surface area contributed by atoms with E-state index in [1.54, 1.807) is 19.4 Å². The number of amides is 1. The molecule has 0 radical (unpaired) electrons. The third-order valence-electron chi connectivity index (χ3n) is 4.02. The lowest BCUT2D eigenvalue weighted by atomic mass is 9.98. The number of pyridine rings is 1. The molecule has 0 saturated heterocycles. The number of nitrogens with zero attached hydrogens (tertiary/aromatic N) is 1. The Bertz CT molecular complexity index is 697. The maximum atomic E-state index is 12.5. The van der Waals surface area contributed by atoms with E-state index in [2.05, 4.69) is 29.5 Å². The first-order valence-corrected chi connectivity index (χ1v) is 8.62.